The van der Waals surface area contributed by atoms with Crippen LogP contribution in [0.15, 0.2) is 24.3 Å². The number of piperazine rings is 1. The molecule has 1 saturated heterocycles. The van der Waals surface area contributed by atoms with Crippen molar-refractivity contribution in [3.8, 4) is 5.75 Å². The largest absolute Gasteiger partial charge is 0.497 e. The molecule has 0 spiro atoms. The third-order valence-corrected chi connectivity index (χ3v) is 3.09. The third kappa shape index (κ3) is 2.58. The van der Waals surface area contributed by atoms with Crippen LogP contribution in [0.5, 0.6) is 5.75 Å². The van der Waals surface area contributed by atoms with Crippen molar-refractivity contribution < 1.29 is 4.74 Å². The average Bonchev–Trinajstić information content (AvgIpc) is 2.30. The molecule has 0 saturated carbocycles. The molecule has 15 heavy (non-hydrogen) atoms. The molecule has 1 aromatic rings. The molecule has 0 amide bonds. The summed E-state index contributed by atoms with van der Waals surface area (Å²) in [4.78, 5) is 2.37. The first-order chi connectivity index (χ1) is 7.29. The number of methoxy groups -OCH3 is 1. The van der Waals surface area contributed by atoms with Gasteiger partial charge in [0.05, 0.1) is 7.11 Å². The Morgan fingerprint density at radius 3 is 2.20 bits per heavy atom. The highest BCUT2D eigenvalue weighted by atomic mass is 32.1. The molecule has 0 aromatic heterocycles. The average molecular weight is 224 g/mol. The van der Waals surface area contributed by atoms with Gasteiger partial charge < -0.3 is 9.64 Å². The number of rotatable bonds is 2. The molecular formula is C11H16N2OS. The molecule has 1 heterocycles. The zero-order valence-corrected chi connectivity index (χ0v) is 9.78. The Bertz CT molecular complexity index is 307. The Kier molecular flexibility index (Phi) is 3.38. The van der Waals surface area contributed by atoms with Gasteiger partial charge in [0, 0.05) is 31.9 Å². The predicted octanol–water partition coefficient (Wildman–Crippen LogP) is 1.66. The van der Waals surface area contributed by atoms with Crippen molar-refractivity contribution >= 4 is 18.5 Å². The molecule has 3 nitrogen and oxygen atoms in total. The van der Waals surface area contributed by atoms with E-state index in [0.29, 0.717) is 0 Å². The van der Waals surface area contributed by atoms with E-state index in [1.165, 1.54) is 5.69 Å². The summed E-state index contributed by atoms with van der Waals surface area (Å²) >= 11 is 4.33. The second-order valence-corrected chi connectivity index (χ2v) is 4.20. The summed E-state index contributed by atoms with van der Waals surface area (Å²) in [6, 6.07) is 8.21. The Morgan fingerprint density at radius 2 is 1.67 bits per heavy atom. The lowest BCUT2D eigenvalue weighted by molar-refractivity contribution is 0.414. The maximum atomic E-state index is 5.13. The molecule has 1 aliphatic rings. The fraction of sp³-hybridized carbons (Fsp3) is 0.455. The summed E-state index contributed by atoms with van der Waals surface area (Å²) in [6.45, 7) is 4.09. The maximum Gasteiger partial charge on any atom is 0.119 e. The summed E-state index contributed by atoms with van der Waals surface area (Å²) in [5, 5.41) is 0. The number of benzene rings is 1. The lowest BCUT2D eigenvalue weighted by Gasteiger charge is -2.33. The van der Waals surface area contributed by atoms with Crippen molar-refractivity contribution in [1.82, 2.24) is 4.31 Å². The topological polar surface area (TPSA) is 15.7 Å². The fourth-order valence-electron chi connectivity index (χ4n) is 1.75. The van der Waals surface area contributed by atoms with Gasteiger partial charge in [0.15, 0.2) is 0 Å². The monoisotopic (exact) mass is 224 g/mol. The summed E-state index contributed by atoms with van der Waals surface area (Å²) < 4.78 is 7.19. The van der Waals surface area contributed by atoms with Crippen LogP contribution in [0.4, 0.5) is 5.69 Å². The van der Waals surface area contributed by atoms with Gasteiger partial charge in [-0.1, -0.05) is 12.8 Å². The van der Waals surface area contributed by atoms with Crippen LogP contribution in [-0.4, -0.2) is 37.6 Å². The Labute approximate surface area is 96.2 Å². The lowest BCUT2D eigenvalue weighted by atomic mass is 10.2. The summed E-state index contributed by atoms with van der Waals surface area (Å²) in [5.74, 6) is 0.909. The van der Waals surface area contributed by atoms with Crippen molar-refractivity contribution in [1.29, 1.82) is 0 Å². The van der Waals surface area contributed by atoms with E-state index < -0.39 is 0 Å². The number of nitrogens with zero attached hydrogens (tertiary/aromatic N) is 2. The molecule has 0 radical (unpaired) electrons. The normalized spacial score (nSPS) is 17.9. The van der Waals surface area contributed by atoms with Crippen molar-refractivity contribution in [3.63, 3.8) is 0 Å². The first kappa shape index (κ1) is 10.6. The summed E-state index contributed by atoms with van der Waals surface area (Å²) in [5.41, 5.74) is 1.26. The highest BCUT2D eigenvalue weighted by molar-refractivity contribution is 7.77. The standard InChI is InChI=1S/C11H16N2OS/c1-14-11-4-2-10(3-5-11)12-6-8-13(15)9-7-12/h2-5,15H,6-9H2,1H3. The highest BCUT2D eigenvalue weighted by Gasteiger charge is 2.14. The van der Waals surface area contributed by atoms with E-state index in [4.69, 9.17) is 4.74 Å². The smallest absolute Gasteiger partial charge is 0.119 e. The van der Waals surface area contributed by atoms with Crippen LogP contribution in [0.2, 0.25) is 0 Å². The molecule has 82 valence electrons. The van der Waals surface area contributed by atoms with Gasteiger partial charge >= 0.3 is 0 Å². The second-order valence-electron chi connectivity index (χ2n) is 3.64. The molecule has 0 bridgehead atoms. The summed E-state index contributed by atoms with van der Waals surface area (Å²) in [7, 11) is 1.69. The molecule has 0 atom stereocenters. The number of hydrogen-bond donors (Lipinski definition) is 1. The first-order valence-electron chi connectivity index (χ1n) is 5.12. The van der Waals surface area contributed by atoms with E-state index in [2.05, 4.69) is 34.2 Å². The van der Waals surface area contributed by atoms with Crippen molar-refractivity contribution in [2.75, 3.05) is 38.2 Å². The van der Waals surface area contributed by atoms with Gasteiger partial charge in [-0.25, -0.2) is 4.31 Å². The number of anilines is 1. The molecule has 1 aliphatic heterocycles. The molecule has 1 fully saturated rings. The predicted molar refractivity (Wildman–Crippen MR) is 65.8 cm³/mol. The van der Waals surface area contributed by atoms with Crippen LogP contribution in [0.3, 0.4) is 0 Å². The fourth-order valence-corrected chi connectivity index (χ4v) is 1.93. The number of ether oxygens (including phenoxy) is 1. The molecular weight excluding hydrogens is 208 g/mol. The van der Waals surface area contributed by atoms with Crippen LogP contribution in [0, 0.1) is 0 Å². The van der Waals surface area contributed by atoms with Crippen LogP contribution >= 0.6 is 12.8 Å². The molecule has 1 aromatic carbocycles. The second kappa shape index (κ2) is 4.77. The van der Waals surface area contributed by atoms with Gasteiger partial charge in [-0.2, -0.15) is 0 Å². The van der Waals surface area contributed by atoms with Gasteiger partial charge in [-0.05, 0) is 24.3 Å². The number of thiol groups is 1. The summed E-state index contributed by atoms with van der Waals surface area (Å²) in [6.07, 6.45) is 0. The maximum absolute atomic E-state index is 5.13. The van der Waals surface area contributed by atoms with E-state index in [-0.39, 0.29) is 0 Å². The van der Waals surface area contributed by atoms with Gasteiger partial charge in [0.25, 0.3) is 0 Å². The Morgan fingerprint density at radius 1 is 1.07 bits per heavy atom. The van der Waals surface area contributed by atoms with E-state index in [9.17, 15) is 0 Å². The third-order valence-electron chi connectivity index (χ3n) is 2.69. The van der Waals surface area contributed by atoms with Gasteiger partial charge in [0.2, 0.25) is 0 Å². The molecule has 2 rings (SSSR count). The Hall–Kier alpha value is -0.870. The van der Waals surface area contributed by atoms with E-state index in [1.807, 2.05) is 12.1 Å². The molecule has 0 N–H and O–H groups in total. The van der Waals surface area contributed by atoms with Crippen molar-refractivity contribution in [2.24, 2.45) is 0 Å². The van der Waals surface area contributed by atoms with Crippen molar-refractivity contribution in [3.05, 3.63) is 24.3 Å². The van der Waals surface area contributed by atoms with Gasteiger partial charge in [-0.3, -0.25) is 0 Å². The lowest BCUT2D eigenvalue weighted by Crippen LogP contribution is -2.42. The minimum Gasteiger partial charge on any atom is -0.497 e. The number of hydrogen-bond acceptors (Lipinski definition) is 4. The van der Waals surface area contributed by atoms with Crippen molar-refractivity contribution in [2.45, 2.75) is 0 Å². The highest BCUT2D eigenvalue weighted by Crippen LogP contribution is 2.20. The minimum absolute atomic E-state index is 0.909. The van der Waals surface area contributed by atoms with E-state index in [0.717, 1.165) is 31.9 Å². The zero-order chi connectivity index (χ0) is 10.7. The molecule has 4 heteroatoms. The van der Waals surface area contributed by atoms with E-state index >= 15 is 0 Å². The van der Waals surface area contributed by atoms with Crippen LogP contribution < -0.4 is 9.64 Å². The quantitative estimate of drug-likeness (QED) is 0.769. The molecule has 0 unspecified atom stereocenters. The SMILES string of the molecule is COc1ccc(N2CCN(S)CC2)cc1. The van der Waals surface area contributed by atoms with E-state index in [1.54, 1.807) is 7.11 Å². The zero-order valence-electron chi connectivity index (χ0n) is 8.89. The van der Waals surface area contributed by atoms with Gasteiger partial charge in [0.1, 0.15) is 5.75 Å². The minimum atomic E-state index is 0.909. The first-order valence-corrected chi connectivity index (χ1v) is 5.52. The van der Waals surface area contributed by atoms with Gasteiger partial charge in [-0.15, -0.1) is 0 Å². The van der Waals surface area contributed by atoms with Crippen LogP contribution in [0.1, 0.15) is 0 Å². The van der Waals surface area contributed by atoms with Crippen LogP contribution in [0.25, 0.3) is 0 Å². The molecule has 0 aliphatic carbocycles. The van der Waals surface area contributed by atoms with Crippen LogP contribution in [-0.2, 0) is 0 Å². The Balaban J connectivity index is 2.03.